The average Bonchev–Trinajstić information content (AvgIpc) is 1.27. The molecule has 9 heavy (non-hydrogen) atoms. The van der Waals surface area contributed by atoms with Gasteiger partial charge in [0.1, 0.15) is 0 Å². The summed E-state index contributed by atoms with van der Waals surface area (Å²) in [5, 5.41) is 18.6. The molecule has 0 aromatic carbocycles. The van der Waals surface area contributed by atoms with Crippen molar-refractivity contribution in [1.82, 2.24) is 0 Å². The van der Waals surface area contributed by atoms with Crippen LogP contribution in [0.3, 0.4) is 0 Å². The van der Waals surface area contributed by atoms with Crippen molar-refractivity contribution in [2.75, 3.05) is 0 Å². The average molecular weight is 173 g/mol. The predicted octanol–water partition coefficient (Wildman–Crippen LogP) is -6.12. The zero-order chi connectivity index (χ0) is 5.86. The maximum Gasteiger partial charge on any atom is 4.00 e. The Hall–Kier alpha value is 0.654. The smallest absolute Gasteiger partial charge is 0.550 e. The quantitative estimate of drug-likeness (QED) is 0.307. The molecule has 0 saturated heterocycles. The van der Waals surface area contributed by atoms with E-state index in [4.69, 9.17) is 0 Å². The molecule has 0 amide bonds. The van der Waals surface area contributed by atoms with E-state index in [0.717, 1.165) is 0 Å². The first-order valence-electron chi connectivity index (χ1n) is 1.52. The summed E-state index contributed by atoms with van der Waals surface area (Å²) in [7, 11) is 0. The van der Waals surface area contributed by atoms with Gasteiger partial charge in [-0.2, -0.15) is 0 Å². The van der Waals surface area contributed by atoms with E-state index in [2.05, 4.69) is 0 Å². The zero-order valence-corrected chi connectivity index (χ0v) is 8.40. The van der Waals surface area contributed by atoms with Gasteiger partial charge in [-0.05, 0) is 0 Å². The van der Waals surface area contributed by atoms with E-state index >= 15 is 0 Å². The topological polar surface area (TPSA) is 80.3 Å². The molecule has 0 fully saturated rings. The van der Waals surface area contributed by atoms with Crippen LogP contribution < -0.4 is 39.8 Å². The third-order valence-corrected chi connectivity index (χ3v) is 0.289. The Morgan fingerprint density at radius 3 is 1.33 bits per heavy atom. The number of hydrogen-bond donors (Lipinski definition) is 0. The van der Waals surface area contributed by atoms with Gasteiger partial charge in [0.25, 0.3) is 0 Å². The van der Waals surface area contributed by atoms with Gasteiger partial charge in [-0.3, -0.25) is 0 Å². The minimum Gasteiger partial charge on any atom is -0.550 e. The van der Waals surface area contributed by atoms with Gasteiger partial charge < -0.3 is 19.8 Å². The van der Waals surface area contributed by atoms with Gasteiger partial charge >= 0.3 is 51.3 Å². The van der Waals surface area contributed by atoms with E-state index in [0.29, 0.717) is 0 Å². The first kappa shape index (κ1) is 16.3. The molecule has 0 N–H and O–H groups in total. The molecule has 0 saturated carbocycles. The van der Waals surface area contributed by atoms with Crippen LogP contribution in [0.4, 0.5) is 0 Å². The van der Waals surface area contributed by atoms with Crippen molar-refractivity contribution in [3.05, 3.63) is 0 Å². The van der Waals surface area contributed by atoms with E-state index in [1.807, 2.05) is 0 Å². The molecule has 0 rings (SSSR count). The number of hydrogen-bond acceptors (Lipinski definition) is 4. The van der Waals surface area contributed by atoms with Crippen molar-refractivity contribution >= 4 is 11.9 Å². The number of aliphatic carboxylic acids is 2. The van der Waals surface area contributed by atoms with Crippen LogP contribution in [-0.2, 0) is 31.3 Å². The second-order valence-electron chi connectivity index (χ2n) is 0.921. The summed E-state index contributed by atoms with van der Waals surface area (Å²) in [5.74, 6) is -3.25. The molecule has 0 atom stereocenters. The SMILES string of the molecule is O=C([O-])CC(=O)[O-].[Na+].[Ti+4]. The van der Waals surface area contributed by atoms with E-state index in [-0.39, 0.29) is 51.3 Å². The Kier molecular flexibility index (Phi) is 15.7. The van der Waals surface area contributed by atoms with Crippen molar-refractivity contribution in [2.24, 2.45) is 0 Å². The van der Waals surface area contributed by atoms with Crippen LogP contribution in [0.25, 0.3) is 0 Å². The van der Waals surface area contributed by atoms with Gasteiger partial charge in [0.15, 0.2) is 0 Å². The van der Waals surface area contributed by atoms with Crippen molar-refractivity contribution in [1.29, 1.82) is 0 Å². The molecule has 0 heterocycles. The summed E-state index contributed by atoms with van der Waals surface area (Å²) in [5.41, 5.74) is 0. The van der Waals surface area contributed by atoms with Crippen LogP contribution >= 0.6 is 0 Å². The first-order valence-corrected chi connectivity index (χ1v) is 1.52. The predicted molar refractivity (Wildman–Crippen MR) is 14.6 cm³/mol. The van der Waals surface area contributed by atoms with Crippen LogP contribution in [0.15, 0.2) is 0 Å². The summed E-state index contributed by atoms with van der Waals surface area (Å²) >= 11 is 0. The van der Waals surface area contributed by atoms with Crippen LogP contribution in [0.1, 0.15) is 6.42 Å². The Balaban J connectivity index is -0.000000180. The van der Waals surface area contributed by atoms with Crippen LogP contribution in [-0.4, -0.2) is 11.9 Å². The van der Waals surface area contributed by atoms with Gasteiger partial charge in [0.05, 0.1) is 0 Å². The fraction of sp³-hybridized carbons (Fsp3) is 0.333. The summed E-state index contributed by atoms with van der Waals surface area (Å²) in [6.45, 7) is 0. The first-order chi connectivity index (χ1) is 3.13. The fourth-order valence-corrected chi connectivity index (χ4v) is 0.118. The molecule has 0 aromatic rings. The number of carboxylic acid groups (broad SMARTS) is 2. The normalized spacial score (nSPS) is 6.22. The summed E-state index contributed by atoms with van der Waals surface area (Å²) < 4.78 is 0. The van der Waals surface area contributed by atoms with Gasteiger partial charge in [-0.25, -0.2) is 0 Å². The van der Waals surface area contributed by atoms with E-state index in [9.17, 15) is 19.8 Å². The molecule has 0 aliphatic carbocycles. The van der Waals surface area contributed by atoms with Crippen molar-refractivity contribution < 1.29 is 71.1 Å². The second-order valence-corrected chi connectivity index (χ2v) is 0.921. The standard InChI is InChI=1S/C3H4O4.Na.Ti/c4-2(5)1-3(6)7;;/h1H2,(H,4,5)(H,6,7);;/q;+1;+4/p-2. The van der Waals surface area contributed by atoms with Crippen LogP contribution in [0, 0.1) is 0 Å². The monoisotopic (exact) mass is 173 g/mol. The van der Waals surface area contributed by atoms with Gasteiger partial charge in [0, 0.05) is 18.4 Å². The molecular formula is C3H2NaO4Ti+3. The van der Waals surface area contributed by atoms with Gasteiger partial charge in [0.2, 0.25) is 0 Å². The Morgan fingerprint density at radius 1 is 1.11 bits per heavy atom. The molecule has 0 aliphatic heterocycles. The Morgan fingerprint density at radius 2 is 1.33 bits per heavy atom. The molecular weight excluding hydrogens is 171 g/mol. The molecule has 0 unspecified atom stereocenters. The Labute approximate surface area is 88.8 Å². The minimum absolute atomic E-state index is 0. The van der Waals surface area contributed by atoms with Crippen LogP contribution in [0.5, 0.6) is 0 Å². The molecule has 4 nitrogen and oxygen atoms in total. The van der Waals surface area contributed by atoms with Gasteiger partial charge in [-0.15, -0.1) is 0 Å². The van der Waals surface area contributed by atoms with Gasteiger partial charge in [-0.1, -0.05) is 0 Å². The van der Waals surface area contributed by atoms with E-state index < -0.39 is 18.4 Å². The number of rotatable bonds is 2. The summed E-state index contributed by atoms with van der Waals surface area (Å²) in [4.78, 5) is 18.6. The largest absolute Gasteiger partial charge is 4.00 e. The number of carbonyl (C=O) groups is 2. The maximum atomic E-state index is 9.28. The molecule has 0 aliphatic rings. The zero-order valence-electron chi connectivity index (χ0n) is 4.84. The maximum absolute atomic E-state index is 9.28. The molecule has 0 aromatic heterocycles. The number of carboxylic acids is 2. The van der Waals surface area contributed by atoms with Crippen LogP contribution in [0.2, 0.25) is 0 Å². The molecule has 6 heteroatoms. The fourth-order valence-electron chi connectivity index (χ4n) is 0.118. The van der Waals surface area contributed by atoms with Crippen molar-refractivity contribution in [3.63, 3.8) is 0 Å². The second kappa shape index (κ2) is 8.65. The third kappa shape index (κ3) is 17.7. The van der Waals surface area contributed by atoms with E-state index in [1.54, 1.807) is 0 Å². The summed E-state index contributed by atoms with van der Waals surface area (Å²) in [6, 6.07) is 0. The third-order valence-electron chi connectivity index (χ3n) is 0.289. The Bertz CT molecular complexity index is 92.0. The van der Waals surface area contributed by atoms with Crippen molar-refractivity contribution in [2.45, 2.75) is 6.42 Å². The summed E-state index contributed by atoms with van der Waals surface area (Å²) in [6.07, 6.45) is -1.03. The molecule has 0 bridgehead atoms. The van der Waals surface area contributed by atoms with E-state index in [1.165, 1.54) is 0 Å². The number of carbonyl (C=O) groups excluding carboxylic acids is 2. The minimum atomic E-state index is -1.63. The molecule has 40 valence electrons. The molecule has 0 spiro atoms. The van der Waals surface area contributed by atoms with Crippen molar-refractivity contribution in [3.8, 4) is 0 Å². The molecule has 0 radical (unpaired) electrons.